The summed E-state index contributed by atoms with van der Waals surface area (Å²) in [5, 5.41) is 8.89. The minimum Gasteiger partial charge on any atom is -0.550 e. The number of nitrogens with zero attached hydrogens (tertiary/aromatic N) is 1. The summed E-state index contributed by atoms with van der Waals surface area (Å²) in [5.74, 6) is -1.08. The average molecular weight is 328 g/mol. The minimum atomic E-state index is -1.08. The van der Waals surface area contributed by atoms with Crippen molar-refractivity contribution in [3.63, 3.8) is 0 Å². The lowest BCUT2D eigenvalue weighted by atomic mass is 10.1. The molecule has 1 aliphatic rings. The number of carbonyl (C=O) groups is 1. The molecule has 1 fully saturated rings. The molecule has 0 aliphatic carbocycles. The molecular weight excluding hydrogens is 286 g/mol. The van der Waals surface area contributed by atoms with Gasteiger partial charge in [-0.25, -0.2) is 0 Å². The van der Waals surface area contributed by atoms with Crippen molar-refractivity contribution in [1.82, 2.24) is 0 Å². The lowest BCUT2D eigenvalue weighted by Crippen LogP contribution is -2.46. The van der Waals surface area contributed by atoms with Crippen molar-refractivity contribution in [1.29, 1.82) is 0 Å². The zero-order valence-corrected chi connectivity index (χ0v) is 16.1. The first-order valence-electron chi connectivity index (χ1n) is 10.1. The second kappa shape index (κ2) is 15.0. The molecule has 1 heterocycles. The van der Waals surface area contributed by atoms with Crippen LogP contribution in [0.25, 0.3) is 0 Å². The van der Waals surface area contributed by atoms with Crippen LogP contribution in [0.2, 0.25) is 0 Å². The minimum absolute atomic E-state index is 0.972. The molecule has 23 heavy (non-hydrogen) atoms. The van der Waals surface area contributed by atoms with E-state index in [4.69, 9.17) is 9.90 Å². The summed E-state index contributed by atoms with van der Waals surface area (Å²) in [4.78, 5) is 8.89. The van der Waals surface area contributed by atoms with Gasteiger partial charge in [-0.15, -0.1) is 0 Å². The second-order valence-corrected chi connectivity index (χ2v) is 7.26. The van der Waals surface area contributed by atoms with Crippen molar-refractivity contribution < 1.29 is 14.4 Å². The Morgan fingerprint density at radius 3 is 1.65 bits per heavy atom. The molecule has 3 heteroatoms. The molecule has 1 aliphatic heterocycles. The molecule has 0 radical (unpaired) electrons. The molecule has 1 saturated heterocycles. The summed E-state index contributed by atoms with van der Waals surface area (Å²) in [7, 11) is 0. The van der Waals surface area contributed by atoms with E-state index in [9.17, 15) is 0 Å². The van der Waals surface area contributed by atoms with E-state index < -0.39 is 5.97 Å². The number of rotatable bonds is 12. The lowest BCUT2D eigenvalue weighted by molar-refractivity contribution is -0.917. The largest absolute Gasteiger partial charge is 0.550 e. The molecule has 138 valence electrons. The summed E-state index contributed by atoms with van der Waals surface area (Å²) in [6.07, 6.45) is 17.5. The van der Waals surface area contributed by atoms with Gasteiger partial charge in [-0.2, -0.15) is 0 Å². The normalized spacial score (nSPS) is 16.0. The molecule has 3 nitrogen and oxygen atoms in total. The van der Waals surface area contributed by atoms with E-state index in [-0.39, 0.29) is 0 Å². The fourth-order valence-electron chi connectivity index (χ4n) is 3.64. The Bertz CT molecular complexity index is 269. The highest BCUT2D eigenvalue weighted by molar-refractivity contribution is 5.60. The van der Waals surface area contributed by atoms with E-state index >= 15 is 0 Å². The van der Waals surface area contributed by atoms with Gasteiger partial charge in [0.05, 0.1) is 26.2 Å². The van der Waals surface area contributed by atoms with Gasteiger partial charge in [0.2, 0.25) is 0 Å². The Kier molecular flexibility index (Phi) is 14.6. The van der Waals surface area contributed by atoms with Crippen molar-refractivity contribution in [3.05, 3.63) is 0 Å². The van der Waals surface area contributed by atoms with E-state index in [1.54, 1.807) is 0 Å². The fourth-order valence-corrected chi connectivity index (χ4v) is 3.64. The Morgan fingerprint density at radius 2 is 1.17 bits per heavy atom. The first-order chi connectivity index (χ1) is 11.1. The molecule has 0 atom stereocenters. The Hall–Kier alpha value is -0.570. The number of hydrogen-bond donors (Lipinski definition) is 0. The SMILES string of the molecule is CC(=O)[O-].CCCCCCCCCC[N+]1(CCCC)CCCC1. The fraction of sp³-hybridized carbons (Fsp3) is 0.950. The third-order valence-corrected chi connectivity index (χ3v) is 4.99. The summed E-state index contributed by atoms with van der Waals surface area (Å²) in [6, 6.07) is 0. The Morgan fingerprint density at radius 1 is 0.783 bits per heavy atom. The monoisotopic (exact) mass is 327 g/mol. The van der Waals surface area contributed by atoms with Crippen molar-refractivity contribution in [2.24, 2.45) is 0 Å². The van der Waals surface area contributed by atoms with E-state index in [0.717, 1.165) is 6.92 Å². The van der Waals surface area contributed by atoms with E-state index in [1.807, 2.05) is 0 Å². The van der Waals surface area contributed by atoms with Crippen LogP contribution >= 0.6 is 0 Å². The second-order valence-electron chi connectivity index (χ2n) is 7.26. The average Bonchev–Trinajstić information content (AvgIpc) is 2.96. The number of hydrogen-bond acceptors (Lipinski definition) is 2. The molecule has 0 saturated carbocycles. The highest BCUT2D eigenvalue weighted by Crippen LogP contribution is 2.22. The summed E-state index contributed by atoms with van der Waals surface area (Å²) >= 11 is 0. The highest BCUT2D eigenvalue weighted by atomic mass is 16.4. The first-order valence-corrected chi connectivity index (χ1v) is 10.1. The maximum Gasteiger partial charge on any atom is 0.0788 e. The molecule has 0 unspecified atom stereocenters. The molecular formula is C20H41NO2. The van der Waals surface area contributed by atoms with E-state index in [1.165, 1.54) is 108 Å². The number of carbonyl (C=O) groups excluding carboxylic acids is 1. The van der Waals surface area contributed by atoms with Gasteiger partial charge in [-0.05, 0) is 26.2 Å². The summed E-state index contributed by atoms with van der Waals surface area (Å²) < 4.78 is 1.48. The van der Waals surface area contributed by atoms with Crippen LogP contribution in [0.3, 0.4) is 0 Å². The molecule has 0 aromatic heterocycles. The molecule has 0 N–H and O–H groups in total. The van der Waals surface area contributed by atoms with Crippen LogP contribution in [-0.2, 0) is 4.79 Å². The van der Waals surface area contributed by atoms with Crippen LogP contribution < -0.4 is 5.11 Å². The van der Waals surface area contributed by atoms with Gasteiger partial charge in [0.25, 0.3) is 0 Å². The zero-order chi connectivity index (χ0) is 17.4. The van der Waals surface area contributed by atoms with Gasteiger partial charge in [0.1, 0.15) is 0 Å². The molecule has 0 aromatic carbocycles. The standard InChI is InChI=1S/C18H38N.C2H4O2/c1-3-5-7-8-9-10-11-12-16-19(15-6-4-2)17-13-14-18-19;1-2(3)4/h3-18H2,1-2H3;1H3,(H,3,4)/q+1;/p-1. The van der Waals surface area contributed by atoms with Crippen LogP contribution in [-0.4, -0.2) is 36.6 Å². The van der Waals surface area contributed by atoms with Gasteiger partial charge in [0.15, 0.2) is 0 Å². The number of aliphatic carboxylic acids is 1. The maximum atomic E-state index is 8.89. The third kappa shape index (κ3) is 13.6. The molecule has 0 bridgehead atoms. The molecule has 0 amide bonds. The number of unbranched alkanes of at least 4 members (excludes halogenated alkanes) is 8. The van der Waals surface area contributed by atoms with Gasteiger partial charge < -0.3 is 14.4 Å². The van der Waals surface area contributed by atoms with Crippen molar-refractivity contribution in [2.45, 2.75) is 97.8 Å². The highest BCUT2D eigenvalue weighted by Gasteiger charge is 2.30. The lowest BCUT2D eigenvalue weighted by Gasteiger charge is -2.34. The predicted molar refractivity (Wildman–Crippen MR) is 97.2 cm³/mol. The van der Waals surface area contributed by atoms with Crippen LogP contribution in [0.15, 0.2) is 0 Å². The quantitative estimate of drug-likeness (QED) is 0.396. The number of carboxylic acid groups (broad SMARTS) is 1. The first kappa shape index (κ1) is 22.4. The van der Waals surface area contributed by atoms with Crippen LogP contribution in [0.1, 0.15) is 97.8 Å². The smallest absolute Gasteiger partial charge is 0.0788 e. The third-order valence-electron chi connectivity index (χ3n) is 4.99. The van der Waals surface area contributed by atoms with E-state index in [2.05, 4.69) is 13.8 Å². The summed E-state index contributed by atoms with van der Waals surface area (Å²) in [5.41, 5.74) is 0. The molecule has 0 spiro atoms. The number of quaternary nitrogens is 1. The van der Waals surface area contributed by atoms with Gasteiger partial charge in [-0.1, -0.05) is 58.8 Å². The van der Waals surface area contributed by atoms with Crippen molar-refractivity contribution in [2.75, 3.05) is 26.2 Å². The van der Waals surface area contributed by atoms with Crippen LogP contribution in [0.5, 0.6) is 0 Å². The van der Waals surface area contributed by atoms with Gasteiger partial charge in [0, 0.05) is 18.8 Å². The number of carboxylic acids is 1. The van der Waals surface area contributed by atoms with Crippen molar-refractivity contribution >= 4 is 5.97 Å². The van der Waals surface area contributed by atoms with E-state index in [0.29, 0.717) is 0 Å². The summed E-state index contributed by atoms with van der Waals surface area (Å²) in [6.45, 7) is 11.5. The molecule has 1 rings (SSSR count). The predicted octanol–water partition coefficient (Wildman–Crippen LogP) is 4.29. The van der Waals surface area contributed by atoms with Gasteiger partial charge in [-0.3, -0.25) is 0 Å². The van der Waals surface area contributed by atoms with Crippen molar-refractivity contribution in [3.8, 4) is 0 Å². The topological polar surface area (TPSA) is 40.1 Å². The number of likely N-dealkylation sites (tertiary alicyclic amines) is 1. The van der Waals surface area contributed by atoms with Crippen LogP contribution in [0.4, 0.5) is 0 Å². The Balaban J connectivity index is 0.00000108. The maximum absolute atomic E-state index is 8.89. The Labute approximate surface area is 145 Å². The molecule has 0 aromatic rings. The van der Waals surface area contributed by atoms with Crippen LogP contribution in [0, 0.1) is 0 Å². The van der Waals surface area contributed by atoms with Gasteiger partial charge >= 0.3 is 0 Å². The zero-order valence-electron chi connectivity index (χ0n) is 16.1.